The van der Waals surface area contributed by atoms with Gasteiger partial charge in [-0.2, -0.15) is 0 Å². The Bertz CT molecular complexity index is 650. The van der Waals surface area contributed by atoms with E-state index in [1.807, 2.05) is 12.1 Å². The van der Waals surface area contributed by atoms with Crippen LogP contribution in [-0.2, 0) is 0 Å². The number of nitrogen functional groups attached to an aromatic ring is 1. The SMILES string of the molecule is Cc1cc(N(C)C2CCCC(C)C2)c2cc(N)ccc2n1. The van der Waals surface area contributed by atoms with Gasteiger partial charge in [-0.3, -0.25) is 4.98 Å². The van der Waals surface area contributed by atoms with Crippen molar-refractivity contribution in [3.05, 3.63) is 30.0 Å². The quantitative estimate of drug-likeness (QED) is 0.842. The zero-order chi connectivity index (χ0) is 15.0. The zero-order valence-electron chi connectivity index (χ0n) is 13.3. The number of benzene rings is 1. The number of fused-ring (bicyclic) bond motifs is 1. The standard InChI is InChI=1S/C18H25N3/c1-12-5-4-6-15(9-12)21(3)18-10-13(2)20-17-8-7-14(19)11-16(17)18/h7-8,10-12,15H,4-6,9,19H2,1-3H3. The number of pyridine rings is 1. The predicted molar refractivity (Wildman–Crippen MR) is 90.7 cm³/mol. The lowest BCUT2D eigenvalue weighted by molar-refractivity contribution is 0.337. The van der Waals surface area contributed by atoms with E-state index in [0.29, 0.717) is 6.04 Å². The van der Waals surface area contributed by atoms with Gasteiger partial charge in [0.1, 0.15) is 0 Å². The van der Waals surface area contributed by atoms with Crippen LogP contribution in [0.15, 0.2) is 24.3 Å². The summed E-state index contributed by atoms with van der Waals surface area (Å²) in [4.78, 5) is 7.09. The fraction of sp³-hybridized carbons (Fsp3) is 0.500. The molecule has 21 heavy (non-hydrogen) atoms. The van der Waals surface area contributed by atoms with Gasteiger partial charge >= 0.3 is 0 Å². The van der Waals surface area contributed by atoms with Gasteiger partial charge in [-0.25, -0.2) is 0 Å². The van der Waals surface area contributed by atoms with Crippen molar-refractivity contribution in [3.8, 4) is 0 Å². The van der Waals surface area contributed by atoms with Crippen LogP contribution in [0.3, 0.4) is 0 Å². The Labute approximate surface area is 127 Å². The smallest absolute Gasteiger partial charge is 0.0727 e. The lowest BCUT2D eigenvalue weighted by atomic mass is 9.86. The summed E-state index contributed by atoms with van der Waals surface area (Å²) in [7, 11) is 2.22. The fourth-order valence-corrected chi connectivity index (χ4v) is 3.60. The summed E-state index contributed by atoms with van der Waals surface area (Å²) in [5.74, 6) is 0.825. The fourth-order valence-electron chi connectivity index (χ4n) is 3.60. The Morgan fingerprint density at radius 3 is 2.81 bits per heavy atom. The van der Waals surface area contributed by atoms with Gasteiger partial charge in [0, 0.05) is 35.5 Å². The Morgan fingerprint density at radius 2 is 2.05 bits per heavy atom. The van der Waals surface area contributed by atoms with E-state index in [1.54, 1.807) is 0 Å². The number of aromatic nitrogens is 1. The largest absolute Gasteiger partial charge is 0.399 e. The number of aryl methyl sites for hydroxylation is 1. The van der Waals surface area contributed by atoms with Crippen molar-refractivity contribution < 1.29 is 0 Å². The molecule has 2 atom stereocenters. The van der Waals surface area contributed by atoms with Gasteiger partial charge in [0.05, 0.1) is 5.52 Å². The molecular weight excluding hydrogens is 258 g/mol. The van der Waals surface area contributed by atoms with Crippen LogP contribution < -0.4 is 10.6 Å². The van der Waals surface area contributed by atoms with E-state index in [4.69, 9.17) is 5.73 Å². The third-order valence-corrected chi connectivity index (χ3v) is 4.78. The molecule has 3 rings (SSSR count). The van der Waals surface area contributed by atoms with Gasteiger partial charge in [0.2, 0.25) is 0 Å². The Kier molecular flexibility index (Phi) is 3.75. The van der Waals surface area contributed by atoms with Crippen molar-refractivity contribution in [2.24, 2.45) is 5.92 Å². The van der Waals surface area contributed by atoms with E-state index in [9.17, 15) is 0 Å². The Hall–Kier alpha value is -1.77. The number of nitrogens with zero attached hydrogens (tertiary/aromatic N) is 2. The molecule has 1 aromatic carbocycles. The first-order valence-corrected chi connectivity index (χ1v) is 7.94. The molecule has 0 bridgehead atoms. The third kappa shape index (κ3) is 2.82. The highest BCUT2D eigenvalue weighted by Gasteiger charge is 2.23. The molecule has 1 fully saturated rings. The topological polar surface area (TPSA) is 42.1 Å². The third-order valence-electron chi connectivity index (χ3n) is 4.78. The van der Waals surface area contributed by atoms with E-state index in [2.05, 4.69) is 42.9 Å². The number of rotatable bonds is 2. The minimum Gasteiger partial charge on any atom is -0.399 e. The number of hydrogen-bond donors (Lipinski definition) is 1. The summed E-state index contributed by atoms with van der Waals surface area (Å²) in [6, 6.07) is 8.83. The average molecular weight is 283 g/mol. The molecule has 0 saturated heterocycles. The van der Waals surface area contributed by atoms with Gasteiger partial charge < -0.3 is 10.6 Å². The first-order valence-electron chi connectivity index (χ1n) is 7.94. The second-order valence-electron chi connectivity index (χ2n) is 6.60. The van der Waals surface area contributed by atoms with Crippen molar-refractivity contribution >= 4 is 22.3 Å². The Morgan fingerprint density at radius 1 is 1.24 bits per heavy atom. The van der Waals surface area contributed by atoms with Crippen LogP contribution in [0, 0.1) is 12.8 Å². The minimum atomic E-state index is 0.625. The van der Waals surface area contributed by atoms with Crippen LogP contribution in [-0.4, -0.2) is 18.1 Å². The highest BCUT2D eigenvalue weighted by atomic mass is 15.1. The molecule has 3 heteroatoms. The van der Waals surface area contributed by atoms with Crippen molar-refractivity contribution in [1.29, 1.82) is 0 Å². The lowest BCUT2D eigenvalue weighted by Crippen LogP contribution is -2.35. The number of nitrogens with two attached hydrogens (primary N) is 1. The van der Waals surface area contributed by atoms with Crippen LogP contribution in [0.2, 0.25) is 0 Å². The van der Waals surface area contributed by atoms with E-state index in [0.717, 1.165) is 22.8 Å². The number of anilines is 2. The molecule has 3 nitrogen and oxygen atoms in total. The predicted octanol–water partition coefficient (Wildman–Crippen LogP) is 4.14. The molecule has 2 unspecified atom stereocenters. The normalized spacial score (nSPS) is 22.4. The van der Waals surface area contributed by atoms with Gasteiger partial charge in [-0.15, -0.1) is 0 Å². The zero-order valence-corrected chi connectivity index (χ0v) is 13.3. The summed E-state index contributed by atoms with van der Waals surface area (Å²) in [6.07, 6.45) is 5.27. The maximum atomic E-state index is 5.99. The van der Waals surface area contributed by atoms with E-state index >= 15 is 0 Å². The molecule has 1 aromatic heterocycles. The number of hydrogen-bond acceptors (Lipinski definition) is 3. The minimum absolute atomic E-state index is 0.625. The molecule has 1 aliphatic carbocycles. The van der Waals surface area contributed by atoms with Crippen molar-refractivity contribution in [2.75, 3.05) is 17.7 Å². The molecule has 2 N–H and O–H groups in total. The summed E-state index contributed by atoms with van der Waals surface area (Å²) in [5.41, 5.74) is 10.2. The molecule has 0 aliphatic heterocycles. The second kappa shape index (κ2) is 5.55. The van der Waals surface area contributed by atoms with E-state index in [1.165, 1.54) is 36.8 Å². The molecule has 0 radical (unpaired) electrons. The van der Waals surface area contributed by atoms with Crippen LogP contribution >= 0.6 is 0 Å². The average Bonchev–Trinajstić information content (AvgIpc) is 2.46. The Balaban J connectivity index is 2.03. The molecule has 0 amide bonds. The molecule has 1 saturated carbocycles. The molecule has 1 aliphatic rings. The highest BCUT2D eigenvalue weighted by Crippen LogP contribution is 2.34. The van der Waals surface area contributed by atoms with Gasteiger partial charge in [0.15, 0.2) is 0 Å². The lowest BCUT2D eigenvalue weighted by Gasteiger charge is -2.36. The summed E-state index contributed by atoms with van der Waals surface area (Å²) in [6.45, 7) is 4.44. The van der Waals surface area contributed by atoms with Gasteiger partial charge in [-0.1, -0.05) is 19.8 Å². The first-order chi connectivity index (χ1) is 10.0. The van der Waals surface area contributed by atoms with Crippen molar-refractivity contribution in [3.63, 3.8) is 0 Å². The van der Waals surface area contributed by atoms with E-state index < -0.39 is 0 Å². The van der Waals surface area contributed by atoms with Gasteiger partial charge in [0.25, 0.3) is 0 Å². The molecule has 0 spiro atoms. The summed E-state index contributed by atoms with van der Waals surface area (Å²) >= 11 is 0. The summed E-state index contributed by atoms with van der Waals surface area (Å²) < 4.78 is 0. The molecule has 2 aromatic rings. The molecular formula is C18H25N3. The highest BCUT2D eigenvalue weighted by molar-refractivity contribution is 5.94. The van der Waals surface area contributed by atoms with Gasteiger partial charge in [-0.05, 0) is 49.9 Å². The molecule has 112 valence electrons. The van der Waals surface area contributed by atoms with Crippen LogP contribution in [0.5, 0.6) is 0 Å². The first kappa shape index (κ1) is 14.2. The van der Waals surface area contributed by atoms with Crippen molar-refractivity contribution in [2.45, 2.75) is 45.6 Å². The second-order valence-corrected chi connectivity index (χ2v) is 6.60. The maximum Gasteiger partial charge on any atom is 0.0727 e. The van der Waals surface area contributed by atoms with Crippen LogP contribution in [0.1, 0.15) is 38.3 Å². The maximum absolute atomic E-state index is 5.99. The summed E-state index contributed by atoms with van der Waals surface area (Å²) in [5, 5.41) is 1.17. The van der Waals surface area contributed by atoms with E-state index in [-0.39, 0.29) is 0 Å². The molecule has 1 heterocycles. The van der Waals surface area contributed by atoms with Crippen LogP contribution in [0.4, 0.5) is 11.4 Å². The van der Waals surface area contributed by atoms with Crippen molar-refractivity contribution in [1.82, 2.24) is 4.98 Å². The monoisotopic (exact) mass is 283 g/mol. The van der Waals surface area contributed by atoms with Crippen LogP contribution in [0.25, 0.3) is 10.9 Å².